The molecule has 3 N–H and O–H groups in total. The number of anilines is 1. The minimum absolute atomic E-state index is 0.407. The van der Waals surface area contributed by atoms with Crippen LogP contribution in [0, 0.1) is 0 Å². The lowest BCUT2D eigenvalue weighted by atomic mass is 10.3. The predicted octanol–water partition coefficient (Wildman–Crippen LogP) is 0.0690. The number of carbonyl (C=O) groups excluding carboxylic acids is 1. The summed E-state index contributed by atoms with van der Waals surface area (Å²) in [6.07, 6.45) is 1.44. The standard InChI is InChI=1S/C8H12N4O/c1-12(2)11-7-4-3-6(5-10-7)8(9)13/h3-5H,1-2H3,(H2,9,13)(H,10,11). The van der Waals surface area contributed by atoms with Gasteiger partial charge in [0.1, 0.15) is 5.82 Å². The monoisotopic (exact) mass is 180 g/mol. The highest BCUT2D eigenvalue weighted by Crippen LogP contribution is 2.04. The number of rotatable bonds is 3. The van der Waals surface area contributed by atoms with Crippen LogP contribution in [0.15, 0.2) is 18.3 Å². The molecule has 0 aliphatic carbocycles. The quantitative estimate of drug-likeness (QED) is 0.646. The Morgan fingerprint density at radius 2 is 2.23 bits per heavy atom. The maximum Gasteiger partial charge on any atom is 0.250 e. The smallest absolute Gasteiger partial charge is 0.250 e. The second-order valence-corrected chi connectivity index (χ2v) is 2.80. The summed E-state index contributed by atoms with van der Waals surface area (Å²) < 4.78 is 0. The number of nitrogens with two attached hydrogens (primary N) is 1. The van der Waals surface area contributed by atoms with Crippen LogP contribution in [0.25, 0.3) is 0 Å². The van der Waals surface area contributed by atoms with Crippen molar-refractivity contribution in [1.29, 1.82) is 0 Å². The van der Waals surface area contributed by atoms with E-state index in [0.717, 1.165) is 0 Å². The van der Waals surface area contributed by atoms with Crippen LogP contribution in [-0.2, 0) is 0 Å². The van der Waals surface area contributed by atoms with E-state index in [2.05, 4.69) is 10.4 Å². The molecular weight excluding hydrogens is 168 g/mol. The van der Waals surface area contributed by atoms with Crippen molar-refractivity contribution >= 4 is 11.7 Å². The Hall–Kier alpha value is -1.62. The van der Waals surface area contributed by atoms with E-state index in [1.54, 1.807) is 17.1 Å². The maximum atomic E-state index is 10.7. The molecule has 1 aromatic heterocycles. The molecule has 5 heteroatoms. The molecule has 0 bridgehead atoms. The molecule has 0 saturated heterocycles. The van der Waals surface area contributed by atoms with E-state index in [9.17, 15) is 4.79 Å². The van der Waals surface area contributed by atoms with Gasteiger partial charge in [0.25, 0.3) is 0 Å². The summed E-state index contributed by atoms with van der Waals surface area (Å²) in [7, 11) is 3.70. The van der Waals surface area contributed by atoms with Crippen molar-refractivity contribution in [2.75, 3.05) is 19.5 Å². The zero-order chi connectivity index (χ0) is 9.84. The average Bonchev–Trinajstić information content (AvgIpc) is 2.04. The number of aromatic nitrogens is 1. The first-order valence-electron chi connectivity index (χ1n) is 3.79. The van der Waals surface area contributed by atoms with Crippen molar-refractivity contribution in [3.05, 3.63) is 23.9 Å². The molecule has 1 rings (SSSR count). The molecule has 0 fully saturated rings. The Labute approximate surface area is 76.5 Å². The first kappa shape index (κ1) is 9.47. The molecule has 1 heterocycles. The van der Waals surface area contributed by atoms with Crippen LogP contribution in [0.1, 0.15) is 10.4 Å². The highest BCUT2D eigenvalue weighted by molar-refractivity contribution is 5.92. The van der Waals surface area contributed by atoms with E-state index in [1.807, 2.05) is 14.1 Å². The van der Waals surface area contributed by atoms with Gasteiger partial charge in [-0.3, -0.25) is 4.79 Å². The average molecular weight is 180 g/mol. The number of hydrazine groups is 1. The molecule has 0 aromatic carbocycles. The first-order valence-corrected chi connectivity index (χ1v) is 3.79. The third kappa shape index (κ3) is 2.72. The van der Waals surface area contributed by atoms with Crippen molar-refractivity contribution in [1.82, 2.24) is 9.99 Å². The number of amides is 1. The number of hydrogen-bond acceptors (Lipinski definition) is 4. The highest BCUT2D eigenvalue weighted by Gasteiger charge is 2.00. The number of nitrogens with zero attached hydrogens (tertiary/aromatic N) is 2. The van der Waals surface area contributed by atoms with Gasteiger partial charge < -0.3 is 11.2 Å². The molecule has 5 nitrogen and oxygen atoms in total. The fourth-order valence-electron chi connectivity index (χ4n) is 0.835. The van der Waals surface area contributed by atoms with Gasteiger partial charge in [-0.1, -0.05) is 0 Å². The van der Waals surface area contributed by atoms with Gasteiger partial charge in [-0.25, -0.2) is 9.99 Å². The minimum Gasteiger partial charge on any atom is -0.366 e. The lowest BCUT2D eigenvalue weighted by Crippen LogP contribution is -2.20. The van der Waals surface area contributed by atoms with Crippen LogP contribution in [0.5, 0.6) is 0 Å². The molecule has 0 aliphatic heterocycles. The number of hydrogen-bond donors (Lipinski definition) is 2. The van der Waals surface area contributed by atoms with Gasteiger partial charge in [0.15, 0.2) is 0 Å². The molecule has 0 aliphatic rings. The number of carbonyl (C=O) groups is 1. The minimum atomic E-state index is -0.469. The second-order valence-electron chi connectivity index (χ2n) is 2.80. The zero-order valence-electron chi connectivity index (χ0n) is 7.61. The summed E-state index contributed by atoms with van der Waals surface area (Å²) in [5.41, 5.74) is 8.40. The predicted molar refractivity (Wildman–Crippen MR) is 50.1 cm³/mol. The fourth-order valence-corrected chi connectivity index (χ4v) is 0.835. The molecule has 0 saturated carbocycles. The largest absolute Gasteiger partial charge is 0.366 e. The van der Waals surface area contributed by atoms with Crippen molar-refractivity contribution in [2.24, 2.45) is 5.73 Å². The van der Waals surface area contributed by atoms with Gasteiger partial charge in [-0.15, -0.1) is 0 Å². The lowest BCUT2D eigenvalue weighted by Gasteiger charge is -2.11. The van der Waals surface area contributed by atoms with Gasteiger partial charge in [-0.05, 0) is 12.1 Å². The van der Waals surface area contributed by atoms with Crippen molar-refractivity contribution in [3.8, 4) is 0 Å². The molecular formula is C8H12N4O. The van der Waals surface area contributed by atoms with Crippen LogP contribution in [0.2, 0.25) is 0 Å². The maximum absolute atomic E-state index is 10.7. The summed E-state index contributed by atoms with van der Waals surface area (Å²) in [5, 5.41) is 1.76. The SMILES string of the molecule is CN(C)Nc1ccc(C(N)=O)cn1. The van der Waals surface area contributed by atoms with Crippen LogP contribution >= 0.6 is 0 Å². The van der Waals surface area contributed by atoms with Gasteiger partial charge in [0, 0.05) is 20.3 Å². The van der Waals surface area contributed by atoms with Gasteiger partial charge in [-0.2, -0.15) is 0 Å². The Morgan fingerprint density at radius 1 is 1.54 bits per heavy atom. The van der Waals surface area contributed by atoms with Gasteiger partial charge in [0.2, 0.25) is 5.91 Å². The Kier molecular flexibility index (Phi) is 2.81. The van der Waals surface area contributed by atoms with Crippen LogP contribution in [0.3, 0.4) is 0 Å². The third-order valence-corrected chi connectivity index (χ3v) is 1.39. The first-order chi connectivity index (χ1) is 6.09. The second kappa shape index (κ2) is 3.86. The normalized spacial score (nSPS) is 10.1. The molecule has 1 amide bonds. The number of primary amides is 1. The zero-order valence-corrected chi connectivity index (χ0v) is 7.61. The van der Waals surface area contributed by atoms with Crippen molar-refractivity contribution < 1.29 is 4.79 Å². The number of pyridine rings is 1. The summed E-state index contributed by atoms with van der Waals surface area (Å²) in [6.45, 7) is 0. The highest BCUT2D eigenvalue weighted by atomic mass is 16.1. The lowest BCUT2D eigenvalue weighted by molar-refractivity contribution is 0.1000. The van der Waals surface area contributed by atoms with E-state index in [-0.39, 0.29) is 0 Å². The third-order valence-electron chi connectivity index (χ3n) is 1.39. The van der Waals surface area contributed by atoms with E-state index in [1.165, 1.54) is 6.20 Å². The van der Waals surface area contributed by atoms with Crippen LogP contribution < -0.4 is 11.2 Å². The Morgan fingerprint density at radius 3 is 2.62 bits per heavy atom. The Bertz CT molecular complexity index is 294. The summed E-state index contributed by atoms with van der Waals surface area (Å²) in [6, 6.07) is 3.32. The summed E-state index contributed by atoms with van der Waals surface area (Å²) in [5.74, 6) is 0.207. The summed E-state index contributed by atoms with van der Waals surface area (Å²) >= 11 is 0. The van der Waals surface area contributed by atoms with E-state index in [4.69, 9.17) is 5.73 Å². The molecule has 0 atom stereocenters. The van der Waals surface area contributed by atoms with Gasteiger partial charge in [0.05, 0.1) is 5.56 Å². The van der Waals surface area contributed by atoms with E-state index in [0.29, 0.717) is 11.4 Å². The molecule has 70 valence electrons. The molecule has 0 radical (unpaired) electrons. The summed E-state index contributed by atoms with van der Waals surface area (Å²) in [4.78, 5) is 14.7. The fraction of sp³-hybridized carbons (Fsp3) is 0.250. The Balaban J connectivity index is 2.75. The van der Waals surface area contributed by atoms with E-state index >= 15 is 0 Å². The van der Waals surface area contributed by atoms with Crippen molar-refractivity contribution in [3.63, 3.8) is 0 Å². The molecule has 0 spiro atoms. The van der Waals surface area contributed by atoms with Crippen molar-refractivity contribution in [2.45, 2.75) is 0 Å². The molecule has 1 aromatic rings. The molecule has 0 unspecified atom stereocenters. The molecule has 13 heavy (non-hydrogen) atoms. The van der Waals surface area contributed by atoms with E-state index < -0.39 is 5.91 Å². The van der Waals surface area contributed by atoms with Crippen LogP contribution in [0.4, 0.5) is 5.82 Å². The van der Waals surface area contributed by atoms with Gasteiger partial charge >= 0.3 is 0 Å². The van der Waals surface area contributed by atoms with Crippen LogP contribution in [-0.4, -0.2) is 30.0 Å². The topological polar surface area (TPSA) is 71.2 Å². The number of nitrogens with one attached hydrogen (secondary N) is 1.